The van der Waals surface area contributed by atoms with E-state index < -0.39 is 0 Å². The molecule has 1 fully saturated rings. The molecule has 0 unspecified atom stereocenters. The summed E-state index contributed by atoms with van der Waals surface area (Å²) in [5.41, 5.74) is 2.03. The first-order chi connectivity index (χ1) is 10.4. The monoisotopic (exact) mass is 307 g/mol. The molecule has 0 radical (unpaired) electrons. The molecule has 0 saturated heterocycles. The number of carbonyl (C=O) groups is 1. The van der Waals surface area contributed by atoms with Crippen LogP contribution in [0.3, 0.4) is 0 Å². The maximum atomic E-state index is 13.4. The molecule has 1 saturated carbocycles. The number of likely N-dealkylation sites (N-methyl/N-ethyl adjacent to an activating group) is 1. The summed E-state index contributed by atoms with van der Waals surface area (Å²) in [5.74, 6) is -0.161. The molecule has 4 heteroatoms. The van der Waals surface area contributed by atoms with Crippen LogP contribution in [0.25, 0.3) is 0 Å². The van der Waals surface area contributed by atoms with Gasteiger partial charge in [-0.1, -0.05) is 0 Å². The van der Waals surface area contributed by atoms with Crippen LogP contribution in [-0.2, 0) is 4.79 Å². The number of rotatable bonds is 6. The summed E-state index contributed by atoms with van der Waals surface area (Å²) in [6.07, 6.45) is 1.88. The van der Waals surface area contributed by atoms with Crippen molar-refractivity contribution in [3.8, 4) is 0 Å². The molecule has 0 heterocycles. The number of aryl methyl sites for hydroxylation is 2. The summed E-state index contributed by atoms with van der Waals surface area (Å²) in [4.78, 5) is 13.0. The van der Waals surface area contributed by atoms with E-state index in [4.69, 9.17) is 0 Å². The summed E-state index contributed by atoms with van der Waals surface area (Å²) < 4.78 is 14.3. The summed E-state index contributed by atoms with van der Waals surface area (Å²) in [6, 6.07) is 2.95. The van der Waals surface area contributed by atoms with Gasteiger partial charge in [0.15, 0.2) is 5.54 Å². The predicted octanol–water partition coefficient (Wildman–Crippen LogP) is 3.79. The van der Waals surface area contributed by atoms with E-state index in [1.807, 2.05) is 13.8 Å². The molecule has 0 aliphatic heterocycles. The molecule has 0 aromatic heterocycles. The Balaban J connectivity index is 2.30. The Bertz CT molecular complexity index is 543. The second-order valence-electron chi connectivity index (χ2n) is 6.49. The van der Waals surface area contributed by atoms with Crippen molar-refractivity contribution in [2.75, 3.05) is 25.0 Å². The van der Waals surface area contributed by atoms with Crippen molar-refractivity contribution >= 4 is 11.6 Å². The topological polar surface area (TPSA) is 29.1 Å². The van der Waals surface area contributed by atoms with Crippen molar-refractivity contribution < 1.29 is 13.7 Å². The maximum absolute atomic E-state index is 13.4. The zero-order valence-electron chi connectivity index (χ0n) is 14.4. The Labute approximate surface area is 133 Å². The molecule has 3 nitrogen and oxygen atoms in total. The highest BCUT2D eigenvalue weighted by Crippen LogP contribution is 2.48. The molecule has 0 spiro atoms. The van der Waals surface area contributed by atoms with Crippen LogP contribution >= 0.6 is 0 Å². The van der Waals surface area contributed by atoms with Crippen molar-refractivity contribution in [2.24, 2.45) is 0 Å². The number of amides is 1. The van der Waals surface area contributed by atoms with Gasteiger partial charge in [0.05, 0.1) is 19.6 Å². The smallest absolute Gasteiger partial charge is 0.285 e. The largest absolute Gasteiger partial charge is 0.320 e. The SMILES string of the molecule is CC[N+](CC)(CC)C1(C(=O)Nc2c(C)cc(F)cc2C)CC1. The predicted molar refractivity (Wildman–Crippen MR) is 88.4 cm³/mol. The first-order valence-electron chi connectivity index (χ1n) is 8.30. The van der Waals surface area contributed by atoms with Crippen molar-refractivity contribution in [3.63, 3.8) is 0 Å². The van der Waals surface area contributed by atoms with Crippen LogP contribution in [0.4, 0.5) is 10.1 Å². The average Bonchev–Trinajstić information content (AvgIpc) is 3.27. The van der Waals surface area contributed by atoms with Gasteiger partial charge in [0, 0.05) is 18.5 Å². The molecular formula is C18H28FN2O+. The Morgan fingerprint density at radius 1 is 1.14 bits per heavy atom. The van der Waals surface area contributed by atoms with Gasteiger partial charge in [-0.3, -0.25) is 4.79 Å². The quantitative estimate of drug-likeness (QED) is 0.796. The molecule has 0 bridgehead atoms. The van der Waals surface area contributed by atoms with Gasteiger partial charge >= 0.3 is 0 Å². The van der Waals surface area contributed by atoms with Gasteiger partial charge in [-0.15, -0.1) is 0 Å². The second kappa shape index (κ2) is 5.99. The van der Waals surface area contributed by atoms with Crippen LogP contribution in [0.2, 0.25) is 0 Å². The lowest BCUT2D eigenvalue weighted by molar-refractivity contribution is -0.947. The zero-order valence-corrected chi connectivity index (χ0v) is 14.4. The molecule has 2 rings (SSSR count). The van der Waals surface area contributed by atoms with E-state index in [1.165, 1.54) is 12.1 Å². The third-order valence-electron chi connectivity index (χ3n) is 5.61. The molecular weight excluding hydrogens is 279 g/mol. The highest BCUT2D eigenvalue weighted by atomic mass is 19.1. The highest BCUT2D eigenvalue weighted by molar-refractivity contribution is 6.00. The number of anilines is 1. The molecule has 1 aromatic carbocycles. The molecule has 1 aliphatic carbocycles. The van der Waals surface area contributed by atoms with E-state index in [0.717, 1.165) is 53.8 Å². The van der Waals surface area contributed by atoms with Crippen molar-refractivity contribution in [1.29, 1.82) is 0 Å². The van der Waals surface area contributed by atoms with Crippen molar-refractivity contribution in [2.45, 2.75) is 53.0 Å². The maximum Gasteiger partial charge on any atom is 0.285 e. The van der Waals surface area contributed by atoms with Crippen LogP contribution in [0, 0.1) is 19.7 Å². The van der Waals surface area contributed by atoms with E-state index in [1.54, 1.807) is 0 Å². The number of hydrogen-bond donors (Lipinski definition) is 1. The molecule has 1 N–H and O–H groups in total. The Kier molecular flexibility index (Phi) is 4.62. The number of halogens is 1. The fourth-order valence-corrected chi connectivity index (χ4v) is 3.95. The minimum atomic E-state index is -0.300. The molecule has 1 amide bonds. The van der Waals surface area contributed by atoms with Crippen molar-refractivity contribution in [3.05, 3.63) is 29.1 Å². The fraction of sp³-hybridized carbons (Fsp3) is 0.611. The van der Waals surface area contributed by atoms with E-state index in [9.17, 15) is 9.18 Å². The van der Waals surface area contributed by atoms with E-state index in [0.29, 0.717) is 0 Å². The summed E-state index contributed by atoms with van der Waals surface area (Å²) in [5, 5.41) is 3.10. The summed E-state index contributed by atoms with van der Waals surface area (Å²) >= 11 is 0. The third kappa shape index (κ3) is 2.54. The third-order valence-corrected chi connectivity index (χ3v) is 5.61. The minimum Gasteiger partial charge on any atom is -0.320 e. The normalized spacial score (nSPS) is 16.5. The fourth-order valence-electron chi connectivity index (χ4n) is 3.95. The molecule has 22 heavy (non-hydrogen) atoms. The lowest BCUT2D eigenvalue weighted by Gasteiger charge is -2.43. The van der Waals surface area contributed by atoms with E-state index in [2.05, 4.69) is 26.1 Å². The van der Waals surface area contributed by atoms with E-state index in [-0.39, 0.29) is 17.3 Å². The van der Waals surface area contributed by atoms with Crippen LogP contribution in [0.15, 0.2) is 12.1 Å². The Morgan fingerprint density at radius 2 is 1.59 bits per heavy atom. The molecule has 1 aromatic rings. The second-order valence-corrected chi connectivity index (χ2v) is 6.49. The van der Waals surface area contributed by atoms with Crippen LogP contribution in [0.5, 0.6) is 0 Å². The van der Waals surface area contributed by atoms with Gasteiger partial charge in [0.2, 0.25) is 0 Å². The summed E-state index contributed by atoms with van der Waals surface area (Å²) in [7, 11) is 0. The number of quaternary nitrogens is 1. The van der Waals surface area contributed by atoms with Crippen LogP contribution in [-0.4, -0.2) is 35.6 Å². The summed E-state index contributed by atoms with van der Waals surface area (Å²) in [6.45, 7) is 13.0. The number of carbonyl (C=O) groups excluding carboxylic acids is 1. The van der Waals surface area contributed by atoms with Gasteiger partial charge in [0.1, 0.15) is 5.82 Å². The molecule has 1 aliphatic rings. The van der Waals surface area contributed by atoms with Gasteiger partial charge in [-0.25, -0.2) is 4.39 Å². The van der Waals surface area contributed by atoms with Gasteiger partial charge in [-0.05, 0) is 57.9 Å². The first-order valence-corrected chi connectivity index (χ1v) is 8.30. The Morgan fingerprint density at radius 3 is 1.95 bits per heavy atom. The van der Waals surface area contributed by atoms with E-state index >= 15 is 0 Å². The lowest BCUT2D eigenvalue weighted by Crippen LogP contribution is -2.61. The highest BCUT2D eigenvalue weighted by Gasteiger charge is 2.64. The molecule has 122 valence electrons. The molecule has 0 atom stereocenters. The van der Waals surface area contributed by atoms with Crippen LogP contribution < -0.4 is 5.32 Å². The average molecular weight is 307 g/mol. The van der Waals surface area contributed by atoms with Crippen molar-refractivity contribution in [1.82, 2.24) is 0 Å². The lowest BCUT2D eigenvalue weighted by atomic mass is 10.1. The number of nitrogens with zero attached hydrogens (tertiary/aromatic N) is 1. The van der Waals surface area contributed by atoms with Gasteiger partial charge in [-0.2, -0.15) is 0 Å². The Hall–Kier alpha value is -1.42. The zero-order chi connectivity index (χ0) is 16.5. The van der Waals surface area contributed by atoms with Gasteiger partial charge in [0.25, 0.3) is 5.91 Å². The standard InChI is InChI=1S/C18H27FN2O/c1-6-21(7-2,8-3)18(9-10-18)17(22)20-16-13(4)11-15(19)12-14(16)5/h11-12H,6-10H2,1-5H3/p+1. The minimum absolute atomic E-state index is 0.0934. The first kappa shape index (κ1) is 16.9. The number of nitrogens with one attached hydrogen (secondary N) is 1. The van der Waals surface area contributed by atoms with Gasteiger partial charge < -0.3 is 9.80 Å². The number of hydrogen-bond acceptors (Lipinski definition) is 1. The van der Waals surface area contributed by atoms with Crippen LogP contribution in [0.1, 0.15) is 44.7 Å². The number of benzene rings is 1.